The van der Waals surface area contributed by atoms with Crippen molar-refractivity contribution >= 4 is 0 Å². The van der Waals surface area contributed by atoms with Gasteiger partial charge in [-0.25, -0.2) is 4.39 Å². The van der Waals surface area contributed by atoms with E-state index in [9.17, 15) is 4.39 Å². The summed E-state index contributed by atoms with van der Waals surface area (Å²) >= 11 is 0. The molecule has 0 aliphatic heterocycles. The van der Waals surface area contributed by atoms with Gasteiger partial charge in [-0.1, -0.05) is 17.7 Å². The third-order valence-corrected chi connectivity index (χ3v) is 3.42. The molecule has 1 atom stereocenters. The van der Waals surface area contributed by atoms with Crippen molar-refractivity contribution in [3.8, 4) is 0 Å². The van der Waals surface area contributed by atoms with E-state index >= 15 is 0 Å². The quantitative estimate of drug-likeness (QED) is 0.753. The van der Waals surface area contributed by atoms with Gasteiger partial charge in [-0.3, -0.25) is 0 Å². The molecule has 0 fully saturated rings. The first-order valence-electron chi connectivity index (χ1n) is 5.56. The summed E-state index contributed by atoms with van der Waals surface area (Å²) in [6.07, 6.45) is 2.47. The third-order valence-electron chi connectivity index (χ3n) is 3.42. The first-order valence-corrected chi connectivity index (χ1v) is 5.56. The maximum absolute atomic E-state index is 14.5. The molecule has 1 aromatic carbocycles. The number of fused-ring (bicyclic) bond motifs is 1. The molecule has 0 saturated carbocycles. The molecule has 2 heteroatoms. The van der Waals surface area contributed by atoms with Crippen molar-refractivity contribution in [3.63, 3.8) is 0 Å². The lowest BCUT2D eigenvalue weighted by molar-refractivity contribution is 0.146. The van der Waals surface area contributed by atoms with Crippen LogP contribution in [-0.4, -0.2) is 6.54 Å². The fraction of sp³-hybridized carbons (Fsp3) is 0.538. The van der Waals surface area contributed by atoms with Gasteiger partial charge in [-0.15, -0.1) is 0 Å². The number of alkyl halides is 1. The highest BCUT2D eigenvalue weighted by atomic mass is 19.1. The minimum absolute atomic E-state index is 0.100. The van der Waals surface area contributed by atoms with Gasteiger partial charge in [0.05, 0.1) is 0 Å². The first kappa shape index (κ1) is 10.6. The van der Waals surface area contributed by atoms with Gasteiger partial charge in [0.15, 0.2) is 0 Å². The number of hydrogen-bond acceptors (Lipinski definition) is 1. The number of aryl methyl sites for hydroxylation is 2. The fourth-order valence-corrected chi connectivity index (χ4v) is 2.62. The number of halogens is 1. The average molecular weight is 207 g/mol. The van der Waals surface area contributed by atoms with Crippen LogP contribution in [0.2, 0.25) is 0 Å². The van der Waals surface area contributed by atoms with Crippen molar-refractivity contribution in [1.82, 2.24) is 0 Å². The highest BCUT2D eigenvalue weighted by Gasteiger charge is 2.35. The van der Waals surface area contributed by atoms with E-state index in [0.717, 1.165) is 24.0 Å². The van der Waals surface area contributed by atoms with Crippen molar-refractivity contribution in [2.45, 2.75) is 38.8 Å². The standard InChI is InChI=1S/C13H18FN/c1-9-6-10(2)11-4-3-5-13(14,8-15)12(11)7-9/h6-7H,3-5,8,15H2,1-2H3. The van der Waals surface area contributed by atoms with Crippen LogP contribution in [0.5, 0.6) is 0 Å². The summed E-state index contributed by atoms with van der Waals surface area (Å²) in [4.78, 5) is 0. The summed E-state index contributed by atoms with van der Waals surface area (Å²) in [5.74, 6) is 0. The fourth-order valence-electron chi connectivity index (χ4n) is 2.62. The second-order valence-corrected chi connectivity index (χ2v) is 4.63. The van der Waals surface area contributed by atoms with E-state index in [1.165, 1.54) is 11.1 Å². The SMILES string of the molecule is Cc1cc(C)c2c(c1)C(F)(CN)CCC2. The molecule has 0 aromatic heterocycles. The molecular weight excluding hydrogens is 189 g/mol. The van der Waals surface area contributed by atoms with Gasteiger partial charge in [-0.2, -0.15) is 0 Å². The Labute approximate surface area is 90.5 Å². The Hall–Kier alpha value is -0.890. The molecule has 1 nitrogen and oxygen atoms in total. The monoisotopic (exact) mass is 207 g/mol. The molecule has 82 valence electrons. The Morgan fingerprint density at radius 3 is 2.80 bits per heavy atom. The van der Waals surface area contributed by atoms with E-state index in [2.05, 4.69) is 13.0 Å². The molecule has 0 amide bonds. The Morgan fingerprint density at radius 2 is 2.13 bits per heavy atom. The van der Waals surface area contributed by atoms with E-state index in [1.807, 2.05) is 13.0 Å². The summed E-state index contributed by atoms with van der Waals surface area (Å²) in [5, 5.41) is 0. The summed E-state index contributed by atoms with van der Waals surface area (Å²) in [6.45, 7) is 4.18. The normalized spacial score (nSPS) is 25.1. The number of rotatable bonds is 1. The van der Waals surface area contributed by atoms with Gasteiger partial charge in [-0.05, 0) is 49.8 Å². The third kappa shape index (κ3) is 1.67. The second kappa shape index (κ2) is 3.60. The Kier molecular flexibility index (Phi) is 2.55. The van der Waals surface area contributed by atoms with Crippen molar-refractivity contribution in [2.24, 2.45) is 5.73 Å². The van der Waals surface area contributed by atoms with E-state index in [0.29, 0.717) is 6.42 Å². The molecule has 1 unspecified atom stereocenters. The molecule has 1 aromatic rings. The number of nitrogens with two attached hydrogens (primary N) is 1. The molecule has 0 saturated heterocycles. The van der Waals surface area contributed by atoms with Gasteiger partial charge in [0.2, 0.25) is 0 Å². The maximum atomic E-state index is 14.5. The summed E-state index contributed by atoms with van der Waals surface area (Å²) in [7, 11) is 0. The Bertz CT molecular complexity index is 386. The minimum atomic E-state index is -1.29. The van der Waals surface area contributed by atoms with Crippen LogP contribution in [0.4, 0.5) is 4.39 Å². The summed E-state index contributed by atoms with van der Waals surface area (Å²) in [5.41, 5.74) is 8.65. The van der Waals surface area contributed by atoms with Crippen LogP contribution in [0.25, 0.3) is 0 Å². The predicted molar refractivity (Wildman–Crippen MR) is 60.7 cm³/mol. The van der Waals surface area contributed by atoms with Crippen molar-refractivity contribution in [2.75, 3.05) is 6.54 Å². The van der Waals surface area contributed by atoms with Crippen molar-refractivity contribution < 1.29 is 4.39 Å². The van der Waals surface area contributed by atoms with Crippen LogP contribution in [0.1, 0.15) is 35.1 Å². The number of benzene rings is 1. The Morgan fingerprint density at radius 1 is 1.40 bits per heavy atom. The van der Waals surface area contributed by atoms with Crippen molar-refractivity contribution in [1.29, 1.82) is 0 Å². The van der Waals surface area contributed by atoms with Gasteiger partial charge >= 0.3 is 0 Å². The highest BCUT2D eigenvalue weighted by Crippen LogP contribution is 2.39. The molecule has 0 radical (unpaired) electrons. The zero-order chi connectivity index (χ0) is 11.1. The molecule has 2 N–H and O–H groups in total. The molecule has 0 spiro atoms. The minimum Gasteiger partial charge on any atom is -0.327 e. The Balaban J connectivity index is 2.60. The smallest absolute Gasteiger partial charge is 0.148 e. The van der Waals surface area contributed by atoms with Crippen molar-refractivity contribution in [3.05, 3.63) is 34.4 Å². The molecule has 15 heavy (non-hydrogen) atoms. The van der Waals surface area contributed by atoms with E-state index in [-0.39, 0.29) is 6.54 Å². The van der Waals surface area contributed by atoms with E-state index < -0.39 is 5.67 Å². The second-order valence-electron chi connectivity index (χ2n) is 4.63. The maximum Gasteiger partial charge on any atom is 0.148 e. The summed E-state index contributed by atoms with van der Waals surface area (Å²) < 4.78 is 14.5. The van der Waals surface area contributed by atoms with Crippen LogP contribution in [0.3, 0.4) is 0 Å². The van der Waals surface area contributed by atoms with Gasteiger partial charge in [0.25, 0.3) is 0 Å². The van der Waals surface area contributed by atoms with E-state index in [4.69, 9.17) is 5.73 Å². The average Bonchev–Trinajstić information content (AvgIpc) is 2.20. The van der Waals surface area contributed by atoms with Gasteiger partial charge in [0.1, 0.15) is 5.67 Å². The van der Waals surface area contributed by atoms with Crippen LogP contribution < -0.4 is 5.73 Å². The largest absolute Gasteiger partial charge is 0.327 e. The van der Waals surface area contributed by atoms with Gasteiger partial charge < -0.3 is 5.73 Å². The molecule has 0 bridgehead atoms. The zero-order valence-corrected chi connectivity index (χ0v) is 9.44. The number of hydrogen-bond donors (Lipinski definition) is 1. The molecule has 0 heterocycles. The molecule has 2 rings (SSSR count). The predicted octanol–water partition coefficient (Wildman–Crippen LogP) is 2.76. The first-order chi connectivity index (χ1) is 7.07. The lowest BCUT2D eigenvalue weighted by Gasteiger charge is -2.32. The van der Waals surface area contributed by atoms with Crippen LogP contribution in [0, 0.1) is 13.8 Å². The lowest BCUT2D eigenvalue weighted by Crippen LogP contribution is -2.34. The van der Waals surface area contributed by atoms with Crippen LogP contribution in [-0.2, 0) is 12.1 Å². The van der Waals surface area contributed by atoms with Gasteiger partial charge in [0, 0.05) is 6.54 Å². The zero-order valence-electron chi connectivity index (χ0n) is 9.44. The molecule has 1 aliphatic rings. The van der Waals surface area contributed by atoms with Crippen LogP contribution >= 0.6 is 0 Å². The molecule has 1 aliphatic carbocycles. The highest BCUT2D eigenvalue weighted by molar-refractivity contribution is 5.43. The molecular formula is C13H18FN. The lowest BCUT2D eigenvalue weighted by atomic mass is 9.78. The topological polar surface area (TPSA) is 26.0 Å². The van der Waals surface area contributed by atoms with E-state index in [1.54, 1.807) is 0 Å². The van der Waals surface area contributed by atoms with Crippen LogP contribution in [0.15, 0.2) is 12.1 Å². The summed E-state index contributed by atoms with van der Waals surface area (Å²) in [6, 6.07) is 4.09.